The summed E-state index contributed by atoms with van der Waals surface area (Å²) in [6.45, 7) is 3.99. The molecular weight excluding hydrogens is 512 g/mol. The van der Waals surface area contributed by atoms with Crippen molar-refractivity contribution >= 4 is 45.0 Å². The highest BCUT2D eigenvalue weighted by Crippen LogP contribution is 2.46. The Labute approximate surface area is 215 Å². The van der Waals surface area contributed by atoms with Crippen LogP contribution in [0.1, 0.15) is 43.2 Å². The third kappa shape index (κ3) is 5.42. The number of nitrogens with one attached hydrogen (secondary N) is 2. The number of amides is 1. The molecule has 4 rings (SSSR count). The van der Waals surface area contributed by atoms with E-state index in [1.54, 1.807) is 0 Å². The second kappa shape index (κ2) is 9.82. The minimum atomic E-state index is -3.92. The number of halogens is 3. The third-order valence-electron chi connectivity index (χ3n) is 7.06. The quantitative estimate of drug-likeness (QED) is 0.508. The minimum Gasteiger partial charge on any atom is -0.325 e. The molecule has 2 aromatic carbocycles. The molecule has 1 aliphatic heterocycles. The predicted molar refractivity (Wildman–Crippen MR) is 137 cm³/mol. The van der Waals surface area contributed by atoms with E-state index in [4.69, 9.17) is 23.2 Å². The fourth-order valence-corrected chi connectivity index (χ4v) is 6.95. The largest absolute Gasteiger partial charge is 0.325 e. The molecule has 1 saturated heterocycles. The topological polar surface area (TPSA) is 78.5 Å². The second-order valence-corrected chi connectivity index (χ2v) is 12.2. The second-order valence-electron chi connectivity index (χ2n) is 9.63. The maximum atomic E-state index is 13.5. The molecule has 1 fully saturated rings. The van der Waals surface area contributed by atoms with E-state index >= 15 is 0 Å². The zero-order valence-corrected chi connectivity index (χ0v) is 22.0. The molecule has 0 spiro atoms. The maximum absolute atomic E-state index is 13.5. The van der Waals surface area contributed by atoms with E-state index in [0.717, 1.165) is 27.9 Å². The van der Waals surface area contributed by atoms with E-state index in [1.807, 2.05) is 38.1 Å². The van der Waals surface area contributed by atoms with Gasteiger partial charge in [0.25, 0.3) is 10.2 Å². The summed E-state index contributed by atoms with van der Waals surface area (Å²) in [6, 6.07) is 8.35. The number of hydrogen-bond donors (Lipinski definition) is 2. The lowest BCUT2D eigenvalue weighted by atomic mass is 9.68. The highest BCUT2D eigenvalue weighted by molar-refractivity contribution is 7.87. The predicted octanol–water partition coefficient (Wildman–Crippen LogP) is 5.43. The van der Waals surface area contributed by atoms with E-state index in [1.165, 1.54) is 19.2 Å². The lowest BCUT2D eigenvalue weighted by molar-refractivity contribution is -0.120. The number of likely N-dealkylation sites (N-methyl/N-ethyl adjacent to an activating group) is 1. The average molecular weight is 540 g/mol. The van der Waals surface area contributed by atoms with E-state index in [0.29, 0.717) is 17.1 Å². The van der Waals surface area contributed by atoms with Gasteiger partial charge in [-0.05, 0) is 67.5 Å². The average Bonchev–Trinajstić information content (AvgIpc) is 2.78. The van der Waals surface area contributed by atoms with Gasteiger partial charge in [0.05, 0.1) is 5.02 Å². The van der Waals surface area contributed by atoms with Crippen LogP contribution in [0.15, 0.2) is 48.6 Å². The van der Waals surface area contributed by atoms with Crippen molar-refractivity contribution in [2.75, 3.05) is 12.4 Å². The lowest BCUT2D eigenvalue weighted by Gasteiger charge is -2.46. The van der Waals surface area contributed by atoms with Gasteiger partial charge in [0.1, 0.15) is 11.9 Å². The van der Waals surface area contributed by atoms with Gasteiger partial charge in [-0.2, -0.15) is 17.4 Å². The zero-order chi connectivity index (χ0) is 25.5. The van der Waals surface area contributed by atoms with Crippen LogP contribution in [0, 0.1) is 18.2 Å². The number of nitrogens with zero attached hydrogens (tertiary/aromatic N) is 1. The first-order valence-electron chi connectivity index (χ1n) is 11.3. The summed E-state index contributed by atoms with van der Waals surface area (Å²) in [7, 11) is -2.55. The smallest absolute Gasteiger partial charge is 0.280 e. The fraction of sp³-hybridized carbons (Fsp3) is 0.400. The molecule has 35 heavy (non-hydrogen) atoms. The number of carbonyl (C=O) groups is 1. The molecule has 4 atom stereocenters. The van der Waals surface area contributed by atoms with Crippen molar-refractivity contribution in [3.05, 3.63) is 75.5 Å². The molecule has 2 unspecified atom stereocenters. The van der Waals surface area contributed by atoms with Crippen LogP contribution in [-0.4, -0.2) is 37.8 Å². The van der Waals surface area contributed by atoms with E-state index < -0.39 is 39.4 Å². The Bertz CT molecular complexity index is 1290. The normalized spacial score (nSPS) is 28.6. The Hall–Kier alpha value is -1.97. The van der Waals surface area contributed by atoms with Gasteiger partial charge in [0.2, 0.25) is 5.91 Å². The number of hydrogen-bond acceptors (Lipinski definition) is 3. The Kier molecular flexibility index (Phi) is 7.33. The van der Waals surface area contributed by atoms with Crippen LogP contribution in [0.25, 0.3) is 0 Å². The summed E-state index contributed by atoms with van der Waals surface area (Å²) in [5, 5.41) is 3.24. The summed E-state index contributed by atoms with van der Waals surface area (Å²) in [4.78, 5) is 13.1. The van der Waals surface area contributed by atoms with Gasteiger partial charge in [-0.15, -0.1) is 0 Å². The number of allylic oxidation sites excluding steroid dienone is 1. The summed E-state index contributed by atoms with van der Waals surface area (Å²) < 4.78 is 43.3. The van der Waals surface area contributed by atoms with Crippen LogP contribution < -0.4 is 10.0 Å². The first kappa shape index (κ1) is 26.1. The molecule has 0 saturated carbocycles. The first-order chi connectivity index (χ1) is 16.4. The summed E-state index contributed by atoms with van der Waals surface area (Å²) in [5.74, 6) is -0.991. The first-order valence-corrected chi connectivity index (χ1v) is 13.5. The van der Waals surface area contributed by atoms with Gasteiger partial charge >= 0.3 is 0 Å². The SMILES string of the molecule is Cc1ccc(C2CC=CC(C)([C@H]3C[C@@H](C(=O)Nc4ccc(F)c(Cl)c4)N(C)S(=O)(=O)N3)C2)c(Cl)c1. The Morgan fingerprint density at radius 1 is 1.20 bits per heavy atom. The molecule has 0 aromatic heterocycles. The van der Waals surface area contributed by atoms with Crippen molar-refractivity contribution in [3.63, 3.8) is 0 Å². The molecule has 0 radical (unpaired) electrons. The van der Waals surface area contributed by atoms with E-state index in [2.05, 4.69) is 16.1 Å². The third-order valence-corrected chi connectivity index (χ3v) is 9.27. The molecule has 10 heteroatoms. The summed E-state index contributed by atoms with van der Waals surface area (Å²) in [5.41, 5.74) is 1.86. The number of aryl methyl sites for hydroxylation is 1. The molecule has 1 amide bonds. The number of carbonyl (C=O) groups excluding carboxylic acids is 1. The monoisotopic (exact) mass is 539 g/mol. The van der Waals surface area contributed by atoms with Gasteiger partial charge in [-0.25, -0.2) is 4.39 Å². The van der Waals surface area contributed by atoms with Gasteiger partial charge in [0, 0.05) is 29.2 Å². The number of benzene rings is 2. The Morgan fingerprint density at radius 3 is 2.63 bits per heavy atom. The van der Waals surface area contributed by atoms with Gasteiger partial charge in [-0.1, -0.05) is 54.4 Å². The van der Waals surface area contributed by atoms with Crippen molar-refractivity contribution in [2.24, 2.45) is 5.41 Å². The molecule has 188 valence electrons. The Morgan fingerprint density at radius 2 is 1.94 bits per heavy atom. The standard InChI is InChI=1S/C25H28Cl2FN3O3S/c1-15-6-8-18(19(26)11-15)16-5-4-10-25(2,14-16)23-13-22(31(3)35(33,34)30-23)24(32)29-17-7-9-21(28)20(27)12-17/h4,6-12,16,22-23,30H,5,13-14H2,1-3H3,(H,29,32)/t16?,22-,23+,25?/m0/s1. The van der Waals surface area contributed by atoms with Crippen LogP contribution >= 0.6 is 23.2 Å². The number of rotatable bonds is 4. The molecule has 1 heterocycles. The summed E-state index contributed by atoms with van der Waals surface area (Å²) >= 11 is 12.4. The van der Waals surface area contributed by atoms with E-state index in [9.17, 15) is 17.6 Å². The van der Waals surface area contributed by atoms with Crippen LogP contribution in [0.4, 0.5) is 10.1 Å². The van der Waals surface area contributed by atoms with Crippen molar-refractivity contribution in [2.45, 2.75) is 51.1 Å². The Balaban J connectivity index is 1.58. The molecule has 0 bridgehead atoms. The zero-order valence-electron chi connectivity index (χ0n) is 19.7. The van der Waals surface area contributed by atoms with Crippen molar-refractivity contribution in [3.8, 4) is 0 Å². The highest BCUT2D eigenvalue weighted by Gasteiger charge is 2.47. The van der Waals surface area contributed by atoms with Crippen molar-refractivity contribution in [1.29, 1.82) is 0 Å². The van der Waals surface area contributed by atoms with Crippen LogP contribution in [0.5, 0.6) is 0 Å². The van der Waals surface area contributed by atoms with Gasteiger partial charge in [0.15, 0.2) is 0 Å². The van der Waals surface area contributed by atoms with Crippen LogP contribution in [0.2, 0.25) is 10.0 Å². The minimum absolute atomic E-state index is 0.121. The molecule has 6 nitrogen and oxygen atoms in total. The summed E-state index contributed by atoms with van der Waals surface area (Å²) in [6.07, 6.45) is 5.83. The van der Waals surface area contributed by atoms with Crippen LogP contribution in [0.3, 0.4) is 0 Å². The van der Waals surface area contributed by atoms with Gasteiger partial charge in [-0.3, -0.25) is 4.79 Å². The molecule has 2 N–H and O–H groups in total. The molecular formula is C25H28Cl2FN3O3S. The van der Waals surface area contributed by atoms with Gasteiger partial charge < -0.3 is 5.32 Å². The molecule has 2 aromatic rings. The van der Waals surface area contributed by atoms with E-state index in [-0.39, 0.29) is 17.4 Å². The van der Waals surface area contributed by atoms with Crippen LogP contribution in [-0.2, 0) is 15.0 Å². The highest BCUT2D eigenvalue weighted by atomic mass is 35.5. The maximum Gasteiger partial charge on any atom is 0.280 e. The number of anilines is 1. The molecule has 2 aliphatic rings. The van der Waals surface area contributed by atoms with Crippen molar-refractivity contribution < 1.29 is 17.6 Å². The fourth-order valence-electron chi connectivity index (χ4n) is 4.97. The van der Waals surface area contributed by atoms with Crippen molar-refractivity contribution in [1.82, 2.24) is 9.03 Å². The lowest BCUT2D eigenvalue weighted by Crippen LogP contribution is -2.62. The molecule has 1 aliphatic carbocycles.